The van der Waals surface area contributed by atoms with E-state index in [0.29, 0.717) is 5.75 Å². The fraction of sp³-hybridized carbons (Fsp3) is 0.417. The minimum Gasteiger partial charge on any atom is -0.468 e. The van der Waals surface area contributed by atoms with Gasteiger partial charge in [-0.25, -0.2) is 4.98 Å². The highest BCUT2D eigenvalue weighted by Crippen LogP contribution is 2.36. The molecule has 0 fully saturated rings. The minimum absolute atomic E-state index is 0.0610. The second-order valence-electron chi connectivity index (χ2n) is 4.08. The summed E-state index contributed by atoms with van der Waals surface area (Å²) in [6, 6.07) is 1.91. The topological polar surface area (TPSA) is 59.5 Å². The largest absolute Gasteiger partial charge is 0.468 e. The van der Waals surface area contributed by atoms with Crippen molar-refractivity contribution in [2.24, 2.45) is 0 Å². The van der Waals surface area contributed by atoms with Gasteiger partial charge in [0.05, 0.1) is 18.6 Å². The lowest BCUT2D eigenvalue weighted by Gasteiger charge is -2.29. The molecule has 0 unspecified atom stereocenters. The average Bonchev–Trinajstić information content (AvgIpc) is 2.32. The molecule has 96 valence electrons. The molecule has 0 aliphatic carbocycles. The number of anilines is 1. The number of pyridine rings is 1. The summed E-state index contributed by atoms with van der Waals surface area (Å²) in [5, 5.41) is 0.802. The molecule has 18 heavy (non-hydrogen) atoms. The van der Waals surface area contributed by atoms with Crippen molar-refractivity contribution in [1.29, 1.82) is 0 Å². The normalized spacial score (nSPS) is 14.4. The van der Waals surface area contributed by atoms with Gasteiger partial charge in [0.2, 0.25) is 5.91 Å². The Kier molecular flexibility index (Phi) is 3.56. The monoisotopic (exact) mass is 266 g/mol. The van der Waals surface area contributed by atoms with Crippen molar-refractivity contribution in [3.05, 3.63) is 17.3 Å². The van der Waals surface area contributed by atoms with Crippen molar-refractivity contribution in [2.75, 3.05) is 24.3 Å². The highest BCUT2D eigenvalue weighted by Gasteiger charge is 2.29. The number of methoxy groups -OCH3 is 1. The van der Waals surface area contributed by atoms with Gasteiger partial charge in [-0.15, -0.1) is 0 Å². The first kappa shape index (κ1) is 12.9. The number of fused-ring (bicyclic) bond motifs is 1. The highest BCUT2D eigenvalue weighted by molar-refractivity contribution is 8.00. The van der Waals surface area contributed by atoms with E-state index >= 15 is 0 Å². The predicted molar refractivity (Wildman–Crippen MR) is 68.8 cm³/mol. The fourth-order valence-electron chi connectivity index (χ4n) is 1.92. The van der Waals surface area contributed by atoms with E-state index in [4.69, 9.17) is 0 Å². The number of hydrogen-bond donors (Lipinski definition) is 0. The summed E-state index contributed by atoms with van der Waals surface area (Å²) in [6.45, 7) is 3.76. The van der Waals surface area contributed by atoms with Crippen molar-refractivity contribution in [3.8, 4) is 0 Å². The Morgan fingerprint density at radius 3 is 2.94 bits per heavy atom. The first-order valence-corrected chi connectivity index (χ1v) is 6.49. The number of hydrogen-bond acceptors (Lipinski definition) is 5. The maximum Gasteiger partial charge on any atom is 0.325 e. The molecule has 6 heteroatoms. The molecular formula is C12H14N2O3S. The third kappa shape index (κ3) is 2.33. The van der Waals surface area contributed by atoms with Crippen LogP contribution < -0.4 is 4.90 Å². The number of esters is 1. The lowest BCUT2D eigenvalue weighted by atomic mass is 10.2. The van der Waals surface area contributed by atoms with Gasteiger partial charge in [0.15, 0.2) is 0 Å². The second-order valence-corrected chi connectivity index (χ2v) is 5.04. The molecule has 2 rings (SSSR count). The first-order valence-electron chi connectivity index (χ1n) is 5.51. The number of carbonyl (C=O) groups excluding carboxylic acids is 2. The van der Waals surface area contributed by atoms with Crippen molar-refractivity contribution in [1.82, 2.24) is 4.98 Å². The first-order chi connectivity index (χ1) is 8.52. The molecule has 0 saturated heterocycles. The quantitative estimate of drug-likeness (QED) is 0.755. The van der Waals surface area contributed by atoms with E-state index in [2.05, 4.69) is 9.72 Å². The van der Waals surface area contributed by atoms with E-state index in [1.165, 1.54) is 23.8 Å². The van der Waals surface area contributed by atoms with Crippen LogP contribution in [-0.4, -0.2) is 36.3 Å². The number of nitrogens with zero attached hydrogens (tertiary/aromatic N) is 2. The minimum atomic E-state index is -0.429. The zero-order valence-corrected chi connectivity index (χ0v) is 11.3. The van der Waals surface area contributed by atoms with Crippen LogP contribution in [0.25, 0.3) is 0 Å². The van der Waals surface area contributed by atoms with Crippen LogP contribution in [0.1, 0.15) is 11.3 Å². The summed E-state index contributed by atoms with van der Waals surface area (Å²) in [5.74, 6) is -0.215. The van der Waals surface area contributed by atoms with Gasteiger partial charge >= 0.3 is 5.97 Å². The summed E-state index contributed by atoms with van der Waals surface area (Å²) >= 11 is 1.41. The number of thioether (sulfide) groups is 1. The zero-order chi connectivity index (χ0) is 13.3. The van der Waals surface area contributed by atoms with Gasteiger partial charge in [-0.3, -0.25) is 14.5 Å². The summed E-state index contributed by atoms with van der Waals surface area (Å²) in [4.78, 5) is 29.2. The SMILES string of the molecule is COC(=O)CN1C(=O)CSc2nc(C)cc(C)c21. The molecule has 0 radical (unpaired) electrons. The molecule has 1 amide bonds. The molecule has 0 N–H and O–H groups in total. The summed E-state index contributed by atoms with van der Waals surface area (Å²) in [5.41, 5.74) is 2.58. The van der Waals surface area contributed by atoms with Crippen LogP contribution in [0.5, 0.6) is 0 Å². The maximum absolute atomic E-state index is 11.9. The van der Waals surface area contributed by atoms with E-state index in [1.807, 2.05) is 19.9 Å². The lowest BCUT2D eigenvalue weighted by molar-refractivity contribution is -0.139. The molecule has 1 aliphatic rings. The van der Waals surface area contributed by atoms with Gasteiger partial charge in [0.1, 0.15) is 11.6 Å². The Labute approximate surface area is 110 Å². The van der Waals surface area contributed by atoms with Gasteiger partial charge in [-0.1, -0.05) is 11.8 Å². The predicted octanol–water partition coefficient (Wildman–Crippen LogP) is 1.31. The van der Waals surface area contributed by atoms with E-state index in [-0.39, 0.29) is 12.5 Å². The molecule has 0 aromatic carbocycles. The third-order valence-corrected chi connectivity index (χ3v) is 3.65. The number of aromatic nitrogens is 1. The van der Waals surface area contributed by atoms with Crippen LogP contribution in [-0.2, 0) is 14.3 Å². The fourth-order valence-corrected chi connectivity index (χ4v) is 2.95. The summed E-state index contributed by atoms with van der Waals surface area (Å²) < 4.78 is 4.62. The van der Waals surface area contributed by atoms with E-state index < -0.39 is 5.97 Å². The Hall–Kier alpha value is -1.56. The zero-order valence-electron chi connectivity index (χ0n) is 10.5. The number of aryl methyl sites for hydroxylation is 2. The van der Waals surface area contributed by atoms with E-state index in [0.717, 1.165) is 22.0 Å². The standard InChI is InChI=1S/C12H14N2O3S/c1-7-4-8(2)13-12-11(7)14(5-10(16)17-3)9(15)6-18-12/h4H,5-6H2,1-3H3. The highest BCUT2D eigenvalue weighted by atomic mass is 32.2. The van der Waals surface area contributed by atoms with Crippen LogP contribution in [0.4, 0.5) is 5.69 Å². The maximum atomic E-state index is 11.9. The number of amides is 1. The number of rotatable bonds is 2. The number of carbonyl (C=O) groups is 2. The van der Waals surface area contributed by atoms with Crippen LogP contribution in [0, 0.1) is 13.8 Å². The average molecular weight is 266 g/mol. The van der Waals surface area contributed by atoms with Gasteiger partial charge < -0.3 is 4.74 Å². The van der Waals surface area contributed by atoms with Crippen molar-refractivity contribution in [2.45, 2.75) is 18.9 Å². The van der Waals surface area contributed by atoms with Crippen LogP contribution in [0.15, 0.2) is 11.1 Å². The second kappa shape index (κ2) is 4.97. The van der Waals surface area contributed by atoms with E-state index in [9.17, 15) is 9.59 Å². The molecule has 2 heterocycles. The summed E-state index contributed by atoms with van der Waals surface area (Å²) in [7, 11) is 1.31. The van der Waals surface area contributed by atoms with E-state index in [1.54, 1.807) is 0 Å². The Bertz CT molecular complexity index is 516. The number of ether oxygens (including phenoxy) is 1. The Balaban J connectivity index is 2.43. The summed E-state index contributed by atoms with van der Waals surface area (Å²) in [6.07, 6.45) is 0. The molecular weight excluding hydrogens is 252 g/mol. The van der Waals surface area contributed by atoms with Gasteiger partial charge in [-0.2, -0.15) is 0 Å². The molecule has 1 aliphatic heterocycles. The molecule has 0 atom stereocenters. The van der Waals surface area contributed by atoms with Crippen LogP contribution in [0.2, 0.25) is 0 Å². The van der Waals surface area contributed by atoms with Gasteiger partial charge in [0, 0.05) is 5.69 Å². The van der Waals surface area contributed by atoms with Crippen LogP contribution in [0.3, 0.4) is 0 Å². The Morgan fingerprint density at radius 1 is 1.56 bits per heavy atom. The molecule has 0 spiro atoms. The van der Waals surface area contributed by atoms with Gasteiger partial charge in [0.25, 0.3) is 0 Å². The lowest BCUT2D eigenvalue weighted by Crippen LogP contribution is -2.40. The van der Waals surface area contributed by atoms with Crippen molar-refractivity contribution < 1.29 is 14.3 Å². The van der Waals surface area contributed by atoms with Crippen LogP contribution >= 0.6 is 11.8 Å². The molecule has 5 nitrogen and oxygen atoms in total. The smallest absolute Gasteiger partial charge is 0.325 e. The van der Waals surface area contributed by atoms with Crippen molar-refractivity contribution in [3.63, 3.8) is 0 Å². The molecule has 1 aromatic heterocycles. The molecule has 1 aromatic rings. The Morgan fingerprint density at radius 2 is 2.28 bits per heavy atom. The molecule has 0 bridgehead atoms. The molecule has 0 saturated carbocycles. The third-order valence-electron chi connectivity index (χ3n) is 2.70. The van der Waals surface area contributed by atoms with Crippen molar-refractivity contribution >= 4 is 29.3 Å². The van der Waals surface area contributed by atoms with Gasteiger partial charge in [-0.05, 0) is 25.5 Å².